The van der Waals surface area contributed by atoms with E-state index in [0.29, 0.717) is 0 Å². The van der Waals surface area contributed by atoms with Gasteiger partial charge < -0.3 is 10.3 Å². The first-order valence-electron chi connectivity index (χ1n) is 8.01. The fraction of sp³-hybridized carbons (Fsp3) is 0.150. The SMILES string of the molecule is Cc1nccc2c1[nH]c1ccc(NC(C)c3ccc(Br)cc3)cc12. The van der Waals surface area contributed by atoms with Crippen molar-refractivity contribution < 1.29 is 0 Å². The lowest BCUT2D eigenvalue weighted by atomic mass is 10.1. The monoisotopic (exact) mass is 379 g/mol. The first kappa shape index (κ1) is 15.2. The third-order valence-corrected chi connectivity index (χ3v) is 4.99. The van der Waals surface area contributed by atoms with E-state index in [1.54, 1.807) is 0 Å². The van der Waals surface area contributed by atoms with Crippen molar-refractivity contribution in [2.45, 2.75) is 19.9 Å². The highest BCUT2D eigenvalue weighted by Gasteiger charge is 2.09. The van der Waals surface area contributed by atoms with Crippen LogP contribution < -0.4 is 5.32 Å². The number of benzene rings is 2. The van der Waals surface area contributed by atoms with Gasteiger partial charge in [-0.15, -0.1) is 0 Å². The normalized spacial score (nSPS) is 12.6. The Bertz CT molecular complexity index is 1020. The van der Waals surface area contributed by atoms with Crippen LogP contribution in [0.15, 0.2) is 59.2 Å². The third-order valence-electron chi connectivity index (χ3n) is 4.46. The molecule has 2 heterocycles. The Morgan fingerprint density at radius 2 is 1.83 bits per heavy atom. The molecule has 0 aliphatic carbocycles. The minimum absolute atomic E-state index is 0.240. The number of rotatable bonds is 3. The van der Waals surface area contributed by atoms with Gasteiger partial charge in [0.1, 0.15) is 0 Å². The predicted molar refractivity (Wildman–Crippen MR) is 105 cm³/mol. The van der Waals surface area contributed by atoms with E-state index in [1.165, 1.54) is 16.3 Å². The van der Waals surface area contributed by atoms with Crippen molar-refractivity contribution in [2.24, 2.45) is 0 Å². The zero-order valence-electron chi connectivity index (χ0n) is 13.6. The molecular formula is C20H18BrN3. The van der Waals surface area contributed by atoms with E-state index in [0.717, 1.165) is 26.9 Å². The van der Waals surface area contributed by atoms with Crippen molar-refractivity contribution in [3.63, 3.8) is 0 Å². The van der Waals surface area contributed by atoms with Crippen LogP contribution in [0.5, 0.6) is 0 Å². The zero-order chi connectivity index (χ0) is 16.7. The van der Waals surface area contributed by atoms with Gasteiger partial charge in [-0.25, -0.2) is 0 Å². The number of aryl methyl sites for hydroxylation is 1. The fourth-order valence-corrected chi connectivity index (χ4v) is 3.40. The van der Waals surface area contributed by atoms with Crippen molar-refractivity contribution >= 4 is 43.4 Å². The Morgan fingerprint density at radius 3 is 2.62 bits per heavy atom. The van der Waals surface area contributed by atoms with Crippen LogP contribution in [0.2, 0.25) is 0 Å². The largest absolute Gasteiger partial charge is 0.379 e. The lowest BCUT2D eigenvalue weighted by molar-refractivity contribution is 0.885. The second-order valence-electron chi connectivity index (χ2n) is 6.12. The fourth-order valence-electron chi connectivity index (χ4n) is 3.13. The molecule has 2 aromatic heterocycles. The average Bonchev–Trinajstić information content (AvgIpc) is 2.95. The van der Waals surface area contributed by atoms with Crippen molar-refractivity contribution in [3.8, 4) is 0 Å². The summed E-state index contributed by atoms with van der Waals surface area (Å²) in [6.07, 6.45) is 1.87. The number of hydrogen-bond acceptors (Lipinski definition) is 2. The molecule has 0 saturated heterocycles. The maximum absolute atomic E-state index is 4.37. The molecule has 1 atom stereocenters. The van der Waals surface area contributed by atoms with Crippen LogP contribution in [0, 0.1) is 6.92 Å². The van der Waals surface area contributed by atoms with E-state index in [9.17, 15) is 0 Å². The van der Waals surface area contributed by atoms with Gasteiger partial charge in [0.25, 0.3) is 0 Å². The van der Waals surface area contributed by atoms with Crippen LogP contribution >= 0.6 is 15.9 Å². The summed E-state index contributed by atoms with van der Waals surface area (Å²) >= 11 is 3.48. The molecule has 0 aliphatic rings. The summed E-state index contributed by atoms with van der Waals surface area (Å²) in [5, 5.41) is 6.04. The third kappa shape index (κ3) is 2.67. The molecule has 3 nitrogen and oxygen atoms in total. The molecule has 0 saturated carbocycles. The molecule has 1 unspecified atom stereocenters. The maximum Gasteiger partial charge on any atom is 0.0681 e. The number of pyridine rings is 1. The van der Waals surface area contributed by atoms with E-state index >= 15 is 0 Å². The predicted octanol–water partition coefficient (Wildman–Crippen LogP) is 5.96. The van der Waals surface area contributed by atoms with Gasteiger partial charge in [0.15, 0.2) is 0 Å². The molecule has 4 heteroatoms. The number of nitrogens with one attached hydrogen (secondary N) is 2. The van der Waals surface area contributed by atoms with Crippen molar-refractivity contribution in [1.29, 1.82) is 0 Å². The van der Waals surface area contributed by atoms with Gasteiger partial charge in [0.2, 0.25) is 0 Å². The summed E-state index contributed by atoms with van der Waals surface area (Å²) in [5.74, 6) is 0. The second kappa shape index (κ2) is 5.95. The molecule has 0 fully saturated rings. The molecule has 2 aromatic carbocycles. The Balaban J connectivity index is 1.71. The highest BCUT2D eigenvalue weighted by atomic mass is 79.9. The van der Waals surface area contributed by atoms with Crippen LogP contribution in [0.3, 0.4) is 0 Å². The first-order chi connectivity index (χ1) is 11.6. The van der Waals surface area contributed by atoms with Crippen LogP contribution in [-0.2, 0) is 0 Å². The van der Waals surface area contributed by atoms with Crippen LogP contribution in [0.1, 0.15) is 24.2 Å². The van der Waals surface area contributed by atoms with Crippen molar-refractivity contribution in [3.05, 3.63) is 70.5 Å². The zero-order valence-corrected chi connectivity index (χ0v) is 15.2. The van der Waals surface area contributed by atoms with Gasteiger partial charge in [0.05, 0.1) is 11.2 Å². The van der Waals surface area contributed by atoms with Crippen LogP contribution in [-0.4, -0.2) is 9.97 Å². The van der Waals surface area contributed by atoms with Gasteiger partial charge in [-0.05, 0) is 55.8 Å². The topological polar surface area (TPSA) is 40.7 Å². The smallest absolute Gasteiger partial charge is 0.0681 e. The number of halogens is 1. The molecule has 0 radical (unpaired) electrons. The highest BCUT2D eigenvalue weighted by Crippen LogP contribution is 2.30. The number of hydrogen-bond donors (Lipinski definition) is 2. The molecule has 0 bridgehead atoms. The van der Waals surface area contributed by atoms with Crippen molar-refractivity contribution in [1.82, 2.24) is 9.97 Å². The number of anilines is 1. The lowest BCUT2D eigenvalue weighted by Gasteiger charge is -2.16. The van der Waals surface area contributed by atoms with Crippen LogP contribution in [0.4, 0.5) is 5.69 Å². The highest BCUT2D eigenvalue weighted by molar-refractivity contribution is 9.10. The Labute approximate surface area is 149 Å². The Kier molecular flexibility index (Phi) is 3.77. The molecule has 4 rings (SSSR count). The number of H-pyrrole nitrogens is 1. The minimum Gasteiger partial charge on any atom is -0.379 e. The molecular weight excluding hydrogens is 362 g/mol. The maximum atomic E-state index is 4.37. The van der Waals surface area contributed by atoms with Gasteiger partial charge in [-0.1, -0.05) is 28.1 Å². The molecule has 0 spiro atoms. The Morgan fingerprint density at radius 1 is 1.04 bits per heavy atom. The van der Waals surface area contributed by atoms with Crippen LogP contribution in [0.25, 0.3) is 21.8 Å². The lowest BCUT2D eigenvalue weighted by Crippen LogP contribution is -2.06. The molecule has 0 amide bonds. The molecule has 4 aromatic rings. The van der Waals surface area contributed by atoms with E-state index in [4.69, 9.17) is 0 Å². The van der Waals surface area contributed by atoms with Gasteiger partial charge in [-0.2, -0.15) is 0 Å². The van der Waals surface area contributed by atoms with E-state index in [-0.39, 0.29) is 6.04 Å². The summed E-state index contributed by atoms with van der Waals surface area (Å²) in [5.41, 5.74) is 5.67. The second-order valence-corrected chi connectivity index (χ2v) is 7.04. The van der Waals surface area contributed by atoms with E-state index in [2.05, 4.69) is 86.7 Å². The number of fused-ring (bicyclic) bond motifs is 3. The number of aromatic amines is 1. The molecule has 120 valence electrons. The molecule has 0 aliphatic heterocycles. The molecule has 2 N–H and O–H groups in total. The summed E-state index contributed by atoms with van der Waals surface area (Å²) in [4.78, 5) is 7.84. The first-order valence-corrected chi connectivity index (χ1v) is 8.80. The van der Waals surface area contributed by atoms with Gasteiger partial charge in [0, 0.05) is 38.7 Å². The standard InChI is InChI=1S/C20H18BrN3/c1-12(14-3-5-15(21)6-4-14)23-16-7-8-19-18(11-16)17-9-10-22-13(2)20(17)24-19/h3-12,23-24H,1-2H3. The van der Waals surface area contributed by atoms with Gasteiger partial charge >= 0.3 is 0 Å². The van der Waals surface area contributed by atoms with Gasteiger partial charge in [-0.3, -0.25) is 4.98 Å². The summed E-state index contributed by atoms with van der Waals surface area (Å²) in [7, 11) is 0. The Hall–Kier alpha value is -2.33. The molecule has 24 heavy (non-hydrogen) atoms. The summed E-state index contributed by atoms with van der Waals surface area (Å²) < 4.78 is 1.10. The number of nitrogens with zero attached hydrogens (tertiary/aromatic N) is 1. The van der Waals surface area contributed by atoms with Crippen molar-refractivity contribution in [2.75, 3.05) is 5.32 Å². The quantitative estimate of drug-likeness (QED) is 0.460. The van der Waals surface area contributed by atoms with E-state index in [1.807, 2.05) is 13.1 Å². The van der Waals surface area contributed by atoms with E-state index < -0.39 is 0 Å². The minimum atomic E-state index is 0.240. The summed E-state index contributed by atoms with van der Waals surface area (Å²) in [6, 6.07) is 17.2. The summed E-state index contributed by atoms with van der Waals surface area (Å²) in [6.45, 7) is 4.21. The number of aromatic nitrogens is 2. The average molecular weight is 380 g/mol.